The van der Waals surface area contributed by atoms with E-state index >= 15 is 19.2 Å². The molecule has 6 atom stereocenters. The molecule has 0 unspecified atom stereocenters. The molecule has 4 aromatic carbocycles. The number of rotatable bonds is 17. The van der Waals surface area contributed by atoms with Crippen molar-refractivity contribution in [3.05, 3.63) is 121 Å². The number of fused-ring (bicyclic) bond motifs is 2. The second-order valence-electron chi connectivity index (χ2n) is 18.8. The van der Waals surface area contributed by atoms with E-state index in [-0.39, 0.29) is 57.1 Å². The molecule has 10 nitrogen and oxygen atoms in total. The number of esters is 2. The molecular weight excluding hydrogens is 829 g/mol. The first-order chi connectivity index (χ1) is 30.2. The molecule has 1 aliphatic heterocycles. The van der Waals surface area contributed by atoms with Gasteiger partial charge in [0.1, 0.15) is 22.7 Å². The number of ketones is 2. The lowest BCUT2D eigenvalue weighted by Gasteiger charge is -2.61. The minimum absolute atomic E-state index is 0.0339. The van der Waals surface area contributed by atoms with Gasteiger partial charge in [-0.15, -0.1) is 0 Å². The zero-order valence-corrected chi connectivity index (χ0v) is 39.7. The maximum absolute atomic E-state index is 15.7. The Morgan fingerprint density at radius 2 is 1.32 bits per heavy atom. The number of Topliss-reactive ketones (excluding diaryl/α,β-unsaturated/α-hetero) is 2. The minimum atomic E-state index is -3.02. The SMILES string of the molecule is COc1ccc(COCC[C@H]2[C@@H](C)C(=O)[C@]3(C[C@H](C[Si](c4ccccc4)(c4ccccc4)c4ccccc4)OC3=O)[C@@H]3C(OC)(OC)CCC(=O)[C@]23C(=O)OCC[Si](C)(C)C)cc1. The highest BCUT2D eigenvalue weighted by molar-refractivity contribution is 7.11. The Morgan fingerprint density at radius 3 is 1.83 bits per heavy atom. The van der Waals surface area contributed by atoms with Gasteiger partial charge < -0.3 is 28.4 Å². The van der Waals surface area contributed by atoms with Gasteiger partial charge in [-0.25, -0.2) is 0 Å². The van der Waals surface area contributed by atoms with Crippen molar-refractivity contribution in [3.63, 3.8) is 0 Å². The molecule has 1 heterocycles. The van der Waals surface area contributed by atoms with Crippen LogP contribution in [0.15, 0.2) is 115 Å². The summed E-state index contributed by atoms with van der Waals surface area (Å²) >= 11 is 0. The third kappa shape index (κ3) is 8.29. The molecule has 4 aromatic rings. The van der Waals surface area contributed by atoms with Crippen LogP contribution in [0.25, 0.3) is 0 Å². The Balaban J connectivity index is 1.35. The number of carbonyl (C=O) groups excluding carboxylic acids is 4. The van der Waals surface area contributed by atoms with Gasteiger partial charge in [0.25, 0.3) is 0 Å². The second kappa shape index (κ2) is 18.8. The third-order valence-corrected chi connectivity index (χ3v) is 21.0. The number of hydrogen-bond donors (Lipinski definition) is 0. The molecule has 3 fully saturated rings. The minimum Gasteiger partial charge on any atom is -0.497 e. The first-order valence-electron chi connectivity index (χ1n) is 22.2. The molecule has 0 bridgehead atoms. The van der Waals surface area contributed by atoms with Crippen LogP contribution in [-0.2, 0) is 49.5 Å². The summed E-state index contributed by atoms with van der Waals surface area (Å²) in [6, 6.07) is 39.5. The van der Waals surface area contributed by atoms with Gasteiger partial charge in [-0.05, 0) is 57.7 Å². The highest BCUT2D eigenvalue weighted by Crippen LogP contribution is 2.67. The molecule has 63 heavy (non-hydrogen) atoms. The fourth-order valence-electron chi connectivity index (χ4n) is 11.2. The summed E-state index contributed by atoms with van der Waals surface area (Å²) in [4.78, 5) is 61.7. The molecule has 0 radical (unpaired) electrons. The Kier molecular flexibility index (Phi) is 13.8. The van der Waals surface area contributed by atoms with Gasteiger partial charge >= 0.3 is 11.9 Å². The molecule has 12 heteroatoms. The molecule has 7 rings (SSSR count). The second-order valence-corrected chi connectivity index (χ2v) is 28.3. The van der Waals surface area contributed by atoms with Crippen LogP contribution < -0.4 is 20.3 Å². The highest BCUT2D eigenvalue weighted by atomic mass is 28.3. The van der Waals surface area contributed by atoms with E-state index in [9.17, 15) is 0 Å². The van der Waals surface area contributed by atoms with E-state index in [1.54, 1.807) is 14.0 Å². The quantitative estimate of drug-likeness (QED) is 0.0281. The van der Waals surface area contributed by atoms with Gasteiger partial charge in [0, 0.05) is 54.1 Å². The summed E-state index contributed by atoms with van der Waals surface area (Å²) in [7, 11) is -0.205. The van der Waals surface area contributed by atoms with Crippen LogP contribution in [-0.4, -0.2) is 86.1 Å². The molecule has 1 spiro atoms. The van der Waals surface area contributed by atoms with Gasteiger partial charge in [0.2, 0.25) is 0 Å². The third-order valence-electron chi connectivity index (χ3n) is 14.2. The normalized spacial score (nSPS) is 25.7. The summed E-state index contributed by atoms with van der Waals surface area (Å²) in [5, 5.41) is 3.36. The van der Waals surface area contributed by atoms with Crippen LogP contribution in [0.4, 0.5) is 0 Å². The summed E-state index contributed by atoms with van der Waals surface area (Å²) < 4.78 is 37.0. The summed E-state index contributed by atoms with van der Waals surface area (Å²) in [5.74, 6) is -6.46. The van der Waals surface area contributed by atoms with Gasteiger partial charge in [0.05, 0.1) is 26.2 Å². The number of hydrogen-bond acceptors (Lipinski definition) is 10. The lowest BCUT2D eigenvalue weighted by molar-refractivity contribution is -0.304. The van der Waals surface area contributed by atoms with Crippen molar-refractivity contribution in [2.75, 3.05) is 34.5 Å². The smallest absolute Gasteiger partial charge is 0.320 e. The Hall–Kier alpha value is -4.73. The van der Waals surface area contributed by atoms with E-state index in [2.05, 4.69) is 56.0 Å². The molecule has 3 aliphatic rings. The molecule has 0 amide bonds. The molecule has 1 saturated heterocycles. The average Bonchev–Trinajstić information content (AvgIpc) is 3.62. The molecular formula is C51H62O10Si2. The van der Waals surface area contributed by atoms with Gasteiger partial charge in [-0.2, -0.15) is 0 Å². The predicted octanol–water partition coefficient (Wildman–Crippen LogP) is 6.75. The maximum Gasteiger partial charge on any atom is 0.320 e. The van der Waals surface area contributed by atoms with E-state index in [0.29, 0.717) is 12.1 Å². The van der Waals surface area contributed by atoms with Crippen molar-refractivity contribution in [2.45, 2.75) is 82.8 Å². The first kappa shape index (κ1) is 46.3. The van der Waals surface area contributed by atoms with E-state index in [4.69, 9.17) is 28.4 Å². The molecule has 0 N–H and O–H groups in total. The molecule has 2 saturated carbocycles. The van der Waals surface area contributed by atoms with E-state index in [1.807, 2.05) is 78.9 Å². The van der Waals surface area contributed by atoms with Crippen LogP contribution in [0.5, 0.6) is 5.75 Å². The Morgan fingerprint density at radius 1 is 0.762 bits per heavy atom. The van der Waals surface area contributed by atoms with Crippen molar-refractivity contribution < 1.29 is 47.6 Å². The zero-order chi connectivity index (χ0) is 45.0. The fourth-order valence-corrected chi connectivity index (χ4v) is 16.8. The first-order valence-corrected chi connectivity index (χ1v) is 28.1. The van der Waals surface area contributed by atoms with Crippen molar-refractivity contribution in [1.82, 2.24) is 0 Å². The van der Waals surface area contributed by atoms with Crippen LogP contribution in [0, 0.1) is 28.6 Å². The van der Waals surface area contributed by atoms with Crippen LogP contribution in [0.2, 0.25) is 31.7 Å². The lowest BCUT2D eigenvalue weighted by atomic mass is 9.40. The van der Waals surface area contributed by atoms with Gasteiger partial charge in [-0.1, -0.05) is 130 Å². The number of carbonyl (C=O) groups is 4. The predicted molar refractivity (Wildman–Crippen MR) is 247 cm³/mol. The summed E-state index contributed by atoms with van der Waals surface area (Å²) in [5.41, 5.74) is -3.07. The standard InChI is InChI=1S/C51H62O10Si2/c1-36-43(28-30-59-34-37-23-25-38(56-2)26-24-37)51(48(55)60-31-32-62(5,6)7)44(52)27-29-50(57-3,58-4)46(51)49(45(36)53)33-39(61-47(49)54)35-63(40-17-11-8-12-18-40,41-19-13-9-14-20-41)42-21-15-10-16-22-42/h8-26,36,39,43,46H,27-35H2,1-7H3/t36-,39-,43+,46-,49-,51-/m1/s1. The molecule has 334 valence electrons. The maximum atomic E-state index is 15.7. The van der Waals surface area contributed by atoms with Crippen LogP contribution in [0.1, 0.15) is 38.2 Å². The van der Waals surface area contributed by atoms with E-state index in [0.717, 1.165) is 26.9 Å². The van der Waals surface area contributed by atoms with E-state index in [1.165, 1.54) is 14.2 Å². The highest BCUT2D eigenvalue weighted by Gasteiger charge is 2.81. The van der Waals surface area contributed by atoms with Crippen LogP contribution in [0.3, 0.4) is 0 Å². The largest absolute Gasteiger partial charge is 0.497 e. The summed E-state index contributed by atoms with van der Waals surface area (Å²) in [6.07, 6.45) is -0.710. The number of benzene rings is 4. The van der Waals surface area contributed by atoms with Gasteiger partial charge in [-0.3, -0.25) is 19.2 Å². The van der Waals surface area contributed by atoms with Crippen molar-refractivity contribution in [3.8, 4) is 5.75 Å². The van der Waals surface area contributed by atoms with Crippen molar-refractivity contribution in [1.29, 1.82) is 0 Å². The topological polar surface area (TPSA) is 124 Å². The monoisotopic (exact) mass is 890 g/mol. The van der Waals surface area contributed by atoms with E-state index < -0.39 is 68.6 Å². The van der Waals surface area contributed by atoms with Crippen molar-refractivity contribution >= 4 is 55.2 Å². The average molecular weight is 891 g/mol. The number of ether oxygens (including phenoxy) is 6. The summed E-state index contributed by atoms with van der Waals surface area (Å²) in [6.45, 7) is 8.80. The zero-order valence-electron chi connectivity index (χ0n) is 37.7. The van der Waals surface area contributed by atoms with Crippen molar-refractivity contribution in [2.24, 2.45) is 28.6 Å². The Bertz CT molecular complexity index is 2130. The van der Waals surface area contributed by atoms with Gasteiger partial charge in [0.15, 0.2) is 25.4 Å². The molecule has 2 aliphatic carbocycles. The lowest BCUT2D eigenvalue weighted by Crippen LogP contribution is -2.75. The van der Waals surface area contributed by atoms with Crippen LogP contribution >= 0.6 is 0 Å². The number of methoxy groups -OCH3 is 3. The number of cyclic esters (lactones) is 1. The fraction of sp³-hybridized carbons (Fsp3) is 0.451. The molecule has 0 aromatic heterocycles. The Labute approximate surface area is 374 Å².